The maximum absolute atomic E-state index is 10.6. The van der Waals surface area contributed by atoms with Crippen LogP contribution < -0.4 is 0 Å². The first-order valence-electron chi connectivity index (χ1n) is 6.64. The molecule has 0 aromatic heterocycles. The summed E-state index contributed by atoms with van der Waals surface area (Å²) in [7, 11) is -7.96. The molecule has 3 atom stereocenters. The fourth-order valence-electron chi connectivity index (χ4n) is 1.84. The average Bonchev–Trinajstić information content (AvgIpc) is 2.38. The Morgan fingerprint density at radius 1 is 1.08 bits per heavy atom. The Morgan fingerprint density at radius 3 is 1.96 bits per heavy atom. The zero-order valence-corrected chi connectivity index (χ0v) is 18.8. The van der Waals surface area contributed by atoms with E-state index in [2.05, 4.69) is 10.6 Å². The summed E-state index contributed by atoms with van der Waals surface area (Å²) < 4.78 is 59.2. The van der Waals surface area contributed by atoms with E-state index < -0.39 is 31.0 Å². The molecule has 0 aromatic carbocycles. The Morgan fingerprint density at radius 2 is 1.64 bits per heavy atom. The normalized spacial score (nSPS) is 25.4. The largest absolute Gasteiger partial charge is 2.00 e. The monoisotopic (exact) mass is 454 g/mol. The first kappa shape index (κ1) is 29.4. The third-order valence-electron chi connectivity index (χ3n) is 3.12. The van der Waals surface area contributed by atoms with Crippen LogP contribution in [0.1, 0.15) is 26.7 Å². The molecule has 0 spiro atoms. The Bertz CT molecular complexity index is 640. The molecule has 144 valence electrons. The number of rotatable bonds is 2. The molecule has 2 aliphatic rings. The van der Waals surface area contributed by atoms with E-state index in [-0.39, 0.29) is 30.4 Å². The summed E-state index contributed by atoms with van der Waals surface area (Å²) in [6.45, 7) is 4.36. The van der Waals surface area contributed by atoms with Crippen molar-refractivity contribution in [2.24, 2.45) is 5.92 Å². The summed E-state index contributed by atoms with van der Waals surface area (Å²) in [6, 6.07) is 0. The predicted molar refractivity (Wildman–Crippen MR) is 93.3 cm³/mol. The van der Waals surface area contributed by atoms with Crippen molar-refractivity contribution in [1.82, 2.24) is 0 Å². The molecule has 2 heterocycles. The van der Waals surface area contributed by atoms with Gasteiger partial charge in [0.15, 0.2) is 0 Å². The maximum Gasteiger partial charge on any atom is 2.00 e. The molecule has 0 radical (unpaired) electrons. The third kappa shape index (κ3) is 11.0. The standard InChI is InChI=1S/C6H12NO3S.C6H8NO3S.2H2O.Zn/c2*1-5-2-3-6(7-4-5)11(8,9)10;;;/h5-6H,2-4H2,1H3,(H,8,9,10);2-4,6H,1H3,(H,8,9,10);2*1H2;/q2*-1;;;+2/p+2. The van der Waals surface area contributed by atoms with Gasteiger partial charge in [0.05, 0.1) is 0 Å². The van der Waals surface area contributed by atoms with E-state index in [1.54, 1.807) is 13.0 Å². The predicted octanol–water partition coefficient (Wildman–Crippen LogP) is 0.205. The van der Waals surface area contributed by atoms with Gasteiger partial charge in [0, 0.05) is 5.37 Å². The minimum atomic E-state index is -4.05. The molecule has 10 nitrogen and oxygen atoms in total. The molecule has 2 aliphatic heterocycles. The second kappa shape index (κ2) is 12.1. The van der Waals surface area contributed by atoms with Crippen LogP contribution in [-0.4, -0.2) is 43.2 Å². The Hall–Kier alpha value is -0.397. The van der Waals surface area contributed by atoms with Crippen molar-refractivity contribution < 1.29 is 56.4 Å². The van der Waals surface area contributed by atoms with E-state index in [9.17, 15) is 16.8 Å². The Balaban J connectivity index is -0.000000346. The van der Waals surface area contributed by atoms with Gasteiger partial charge in [-0.2, -0.15) is 6.20 Å². The van der Waals surface area contributed by atoms with Gasteiger partial charge in [-0.1, -0.05) is 43.4 Å². The van der Waals surface area contributed by atoms with E-state index in [4.69, 9.17) is 9.11 Å². The molecule has 0 saturated carbocycles. The van der Waals surface area contributed by atoms with Gasteiger partial charge in [0.1, 0.15) is 0 Å². The summed E-state index contributed by atoms with van der Waals surface area (Å²) in [4.78, 5) is 0. The molecule has 8 N–H and O–H groups in total. The fourth-order valence-corrected chi connectivity index (χ4v) is 3.04. The Labute approximate surface area is 161 Å². The molecule has 0 aromatic rings. The van der Waals surface area contributed by atoms with Crippen molar-refractivity contribution in [2.75, 3.05) is 6.54 Å². The van der Waals surface area contributed by atoms with Crippen LogP contribution in [0.25, 0.3) is 10.6 Å². The summed E-state index contributed by atoms with van der Waals surface area (Å²) in [6.07, 6.45) is 5.64. The van der Waals surface area contributed by atoms with Gasteiger partial charge in [0.25, 0.3) is 10.1 Å². The SMILES string of the molecule is CC1=C[N-]C(S(=O)(=O)O)C=C1.CC1CCC(S(=O)(=O)O)[N-]C1.[OH3+].[OH3+].[Zn+2]. The summed E-state index contributed by atoms with van der Waals surface area (Å²) in [5, 5.41) is 5.46. The quantitative estimate of drug-likeness (QED) is 0.338. The number of hydrogen-bond donors (Lipinski definition) is 2. The second-order valence-electron chi connectivity index (χ2n) is 5.30. The molecular weight excluding hydrogens is 430 g/mol. The van der Waals surface area contributed by atoms with E-state index in [1.165, 1.54) is 12.3 Å². The van der Waals surface area contributed by atoms with Crippen LogP contribution in [0.4, 0.5) is 0 Å². The minimum absolute atomic E-state index is 0. The average molecular weight is 456 g/mol. The van der Waals surface area contributed by atoms with Gasteiger partial charge in [0.2, 0.25) is 10.1 Å². The molecule has 0 amide bonds. The van der Waals surface area contributed by atoms with Gasteiger partial charge >= 0.3 is 19.5 Å². The van der Waals surface area contributed by atoms with Crippen LogP contribution in [0, 0.1) is 5.92 Å². The zero-order chi connectivity index (χ0) is 17.0. The van der Waals surface area contributed by atoms with E-state index in [0.29, 0.717) is 18.9 Å². The molecule has 0 bridgehead atoms. The van der Waals surface area contributed by atoms with Gasteiger partial charge in [-0.25, -0.2) is 16.8 Å². The van der Waals surface area contributed by atoms with E-state index >= 15 is 0 Å². The van der Waals surface area contributed by atoms with Crippen LogP contribution in [-0.2, 0) is 50.7 Å². The first-order chi connectivity index (χ1) is 10.00. The van der Waals surface area contributed by atoms with Gasteiger partial charge in [-0.3, -0.25) is 9.11 Å². The van der Waals surface area contributed by atoms with Crippen molar-refractivity contribution in [2.45, 2.75) is 37.4 Å². The van der Waals surface area contributed by atoms with Gasteiger partial charge < -0.3 is 21.6 Å². The van der Waals surface area contributed by atoms with Crippen LogP contribution in [0.5, 0.6) is 0 Å². The molecule has 2 rings (SSSR count). The molecule has 1 fully saturated rings. The zero-order valence-electron chi connectivity index (χ0n) is 14.2. The second-order valence-corrected chi connectivity index (χ2v) is 8.39. The molecule has 13 heteroatoms. The topological polar surface area (TPSA) is 203 Å². The van der Waals surface area contributed by atoms with Gasteiger partial charge in [-0.05, 0) is 12.3 Å². The van der Waals surface area contributed by atoms with Crippen LogP contribution >= 0.6 is 0 Å². The van der Waals surface area contributed by atoms with Gasteiger partial charge in [-0.15, -0.1) is 6.54 Å². The number of allylic oxidation sites excluding steroid dienone is 2. The van der Waals surface area contributed by atoms with E-state index in [0.717, 1.165) is 12.0 Å². The maximum atomic E-state index is 10.6. The van der Waals surface area contributed by atoms with Crippen LogP contribution in [0.3, 0.4) is 0 Å². The number of hydrogen-bond acceptors (Lipinski definition) is 4. The molecule has 1 saturated heterocycles. The van der Waals surface area contributed by atoms with Crippen LogP contribution in [0.15, 0.2) is 23.9 Å². The van der Waals surface area contributed by atoms with Crippen LogP contribution in [0.2, 0.25) is 0 Å². The van der Waals surface area contributed by atoms with Crippen molar-refractivity contribution in [3.63, 3.8) is 0 Å². The van der Waals surface area contributed by atoms with Crippen molar-refractivity contribution in [3.8, 4) is 0 Å². The molecular formula is C12H26N2O8S2Zn+2. The molecule has 3 unspecified atom stereocenters. The van der Waals surface area contributed by atoms with Crippen molar-refractivity contribution in [1.29, 1.82) is 0 Å². The summed E-state index contributed by atoms with van der Waals surface area (Å²) in [5.74, 6) is 0.452. The number of piperidine rings is 1. The Kier molecular flexibility index (Phi) is 14.2. The smallest absolute Gasteiger partial charge is 0.670 e. The molecule has 25 heavy (non-hydrogen) atoms. The number of nitrogens with zero attached hydrogens (tertiary/aromatic N) is 2. The fraction of sp³-hybridized carbons (Fsp3) is 0.667. The molecule has 0 aliphatic carbocycles. The third-order valence-corrected chi connectivity index (χ3v) is 5.09. The summed E-state index contributed by atoms with van der Waals surface area (Å²) >= 11 is 0. The minimum Gasteiger partial charge on any atom is -0.670 e. The first-order valence-corrected chi connectivity index (χ1v) is 9.65. The van der Waals surface area contributed by atoms with Crippen molar-refractivity contribution in [3.05, 3.63) is 34.6 Å². The summed E-state index contributed by atoms with van der Waals surface area (Å²) in [5.41, 5.74) is 0.866. The van der Waals surface area contributed by atoms with E-state index in [1.807, 2.05) is 6.92 Å². The van der Waals surface area contributed by atoms with Crippen molar-refractivity contribution >= 4 is 20.2 Å².